The Kier molecular flexibility index (Phi) is 12.4. The van der Waals surface area contributed by atoms with Crippen LogP contribution < -0.4 is 30.0 Å². The predicted octanol–water partition coefficient (Wildman–Crippen LogP) is 4.64. The van der Waals surface area contributed by atoms with Crippen molar-refractivity contribution in [2.75, 3.05) is 70.5 Å². The van der Waals surface area contributed by atoms with Crippen LogP contribution in [0.5, 0.6) is 23.0 Å². The normalized spacial score (nSPS) is 20.9. The first kappa shape index (κ1) is 35.7. The molecule has 2 amide bonds. The molecular formula is C35H50N4O8S. The number of hydrogen-bond donors (Lipinski definition) is 3. The summed E-state index contributed by atoms with van der Waals surface area (Å²) in [7, 11) is 3.11. The van der Waals surface area contributed by atoms with Crippen LogP contribution in [0.15, 0.2) is 24.3 Å². The molecule has 2 aromatic rings. The number of anilines is 2. The van der Waals surface area contributed by atoms with Crippen LogP contribution >= 0.6 is 11.8 Å². The Bertz CT molecular complexity index is 1420. The van der Waals surface area contributed by atoms with Gasteiger partial charge >= 0.3 is 0 Å². The number of β-amino-alcohol motifs (C(OH)–C–C–N with tert-alkyl or cyclic N) is 1. The van der Waals surface area contributed by atoms with Gasteiger partial charge in [0.1, 0.15) is 5.44 Å². The first-order valence-corrected chi connectivity index (χ1v) is 18.1. The summed E-state index contributed by atoms with van der Waals surface area (Å²) in [5.74, 6) is 2.64. The second-order valence-corrected chi connectivity index (χ2v) is 13.6. The zero-order valence-corrected chi connectivity index (χ0v) is 29.3. The maximum absolute atomic E-state index is 13.7. The molecule has 1 unspecified atom stereocenters. The predicted molar refractivity (Wildman–Crippen MR) is 187 cm³/mol. The number of amides is 2. The van der Waals surface area contributed by atoms with Gasteiger partial charge in [-0.2, -0.15) is 0 Å². The molecule has 48 heavy (non-hydrogen) atoms. The summed E-state index contributed by atoms with van der Waals surface area (Å²) in [5, 5.41) is 13.9. The van der Waals surface area contributed by atoms with Gasteiger partial charge < -0.3 is 49.6 Å². The van der Waals surface area contributed by atoms with Crippen LogP contribution in [-0.2, 0) is 4.74 Å². The highest BCUT2D eigenvalue weighted by Gasteiger charge is 2.41. The molecule has 264 valence electrons. The third kappa shape index (κ3) is 8.01. The van der Waals surface area contributed by atoms with Crippen LogP contribution in [0.3, 0.4) is 0 Å². The summed E-state index contributed by atoms with van der Waals surface area (Å²) in [4.78, 5) is 30.5. The number of nitrogens with zero attached hydrogens (tertiary/aromatic N) is 2. The molecule has 13 heteroatoms. The average molecular weight is 687 g/mol. The van der Waals surface area contributed by atoms with Gasteiger partial charge in [0.2, 0.25) is 0 Å². The average Bonchev–Trinajstić information content (AvgIpc) is 3.69. The number of carbonyl (C=O) groups is 2. The van der Waals surface area contributed by atoms with E-state index in [1.165, 1.54) is 7.11 Å². The van der Waals surface area contributed by atoms with Gasteiger partial charge in [-0.15, -0.1) is 11.8 Å². The van der Waals surface area contributed by atoms with Crippen LogP contribution in [0, 0.1) is 0 Å². The van der Waals surface area contributed by atoms with Crippen LogP contribution in [0.2, 0.25) is 0 Å². The zero-order valence-electron chi connectivity index (χ0n) is 28.5. The first-order valence-electron chi connectivity index (χ1n) is 17.0. The molecule has 0 radical (unpaired) electrons. The van der Waals surface area contributed by atoms with Crippen molar-refractivity contribution >= 4 is 35.0 Å². The van der Waals surface area contributed by atoms with E-state index in [-0.39, 0.29) is 41.6 Å². The maximum Gasteiger partial charge on any atom is 0.256 e. The molecule has 3 aliphatic rings. The van der Waals surface area contributed by atoms with Gasteiger partial charge in [-0.25, -0.2) is 0 Å². The van der Waals surface area contributed by atoms with Crippen LogP contribution in [0.4, 0.5) is 11.4 Å². The van der Waals surface area contributed by atoms with E-state index in [1.54, 1.807) is 42.0 Å². The smallest absolute Gasteiger partial charge is 0.256 e. The molecule has 12 nitrogen and oxygen atoms in total. The minimum atomic E-state index is -0.624. The lowest BCUT2D eigenvalue weighted by molar-refractivity contribution is 0.0461. The Morgan fingerprint density at radius 2 is 1.75 bits per heavy atom. The standard InChI is InChI=1S/C35H50N4O8S/c1-5-45-35(48-6-2)28-15-23(40)21-39(28)33(41)24-16-29(43-3)31(18-26(24)36)46-13-8-7-9-14-47-32-19-27-25(17-30(32)44-4)34(42)38-12-10-11-22(38)20-37-27/h16-19,22-23,28,35,37,40H,5-15,20-21,36H2,1-4H3/t22-,23+,28-,35?/m0/s1. The summed E-state index contributed by atoms with van der Waals surface area (Å²) >= 11 is 1.62. The van der Waals surface area contributed by atoms with Gasteiger partial charge in [0.05, 0.1) is 56.4 Å². The molecule has 0 aromatic heterocycles. The van der Waals surface area contributed by atoms with E-state index in [9.17, 15) is 14.7 Å². The molecule has 4 N–H and O–H groups in total. The van der Waals surface area contributed by atoms with Crippen LogP contribution in [-0.4, -0.2) is 110 Å². The number of hydrogen-bond acceptors (Lipinski definition) is 11. The molecule has 0 aliphatic carbocycles. The highest BCUT2D eigenvalue weighted by molar-refractivity contribution is 7.99. The molecule has 2 saturated heterocycles. The van der Waals surface area contributed by atoms with E-state index in [0.717, 1.165) is 56.6 Å². The molecule has 2 aromatic carbocycles. The Morgan fingerprint density at radius 3 is 2.44 bits per heavy atom. The molecule has 0 bridgehead atoms. The van der Waals surface area contributed by atoms with E-state index in [0.29, 0.717) is 60.4 Å². The number of unbranched alkanes of at least 4 members (excludes halogenated alkanes) is 2. The Hall–Kier alpha value is -3.55. The Morgan fingerprint density at radius 1 is 1.04 bits per heavy atom. The van der Waals surface area contributed by atoms with Gasteiger partial charge in [0.15, 0.2) is 23.0 Å². The fourth-order valence-corrected chi connectivity index (χ4v) is 7.76. The monoisotopic (exact) mass is 686 g/mol. The van der Waals surface area contributed by atoms with Crippen molar-refractivity contribution in [3.8, 4) is 23.0 Å². The lowest BCUT2D eigenvalue weighted by atomic mass is 10.1. The fourth-order valence-electron chi connectivity index (χ4n) is 6.72. The number of nitrogen functional groups attached to an aromatic ring is 1. The molecule has 3 aliphatic heterocycles. The summed E-state index contributed by atoms with van der Waals surface area (Å²) in [6, 6.07) is 6.86. The summed E-state index contributed by atoms with van der Waals surface area (Å²) < 4.78 is 29.2. The van der Waals surface area contributed by atoms with Crippen LogP contribution in [0.1, 0.15) is 73.1 Å². The molecule has 2 fully saturated rings. The lowest BCUT2D eigenvalue weighted by Gasteiger charge is -2.31. The van der Waals surface area contributed by atoms with E-state index in [1.807, 2.05) is 24.8 Å². The number of fused-ring (bicyclic) bond motifs is 2. The Balaban J connectivity index is 1.12. The maximum atomic E-state index is 13.7. The van der Waals surface area contributed by atoms with Gasteiger partial charge in [-0.05, 0) is 63.3 Å². The minimum absolute atomic E-state index is 0.0410. The molecular weight excluding hydrogens is 636 g/mol. The first-order chi connectivity index (χ1) is 23.3. The number of ether oxygens (including phenoxy) is 5. The van der Waals surface area contributed by atoms with Crippen LogP contribution in [0.25, 0.3) is 0 Å². The summed E-state index contributed by atoms with van der Waals surface area (Å²) in [6.07, 6.45) is 4.28. The van der Waals surface area contributed by atoms with Crippen molar-refractivity contribution in [1.29, 1.82) is 0 Å². The van der Waals surface area contributed by atoms with Crippen molar-refractivity contribution in [1.82, 2.24) is 9.80 Å². The summed E-state index contributed by atoms with van der Waals surface area (Å²) in [5.41, 5.74) is 8.14. The second kappa shape index (κ2) is 16.7. The number of carbonyl (C=O) groups excluding carboxylic acids is 2. The molecule has 5 rings (SSSR count). The Labute approximate surface area is 287 Å². The molecule has 0 spiro atoms. The number of nitrogens with one attached hydrogen (secondary N) is 1. The number of thioether (sulfide) groups is 1. The van der Waals surface area contributed by atoms with E-state index in [4.69, 9.17) is 29.4 Å². The third-order valence-corrected chi connectivity index (χ3v) is 10.2. The zero-order chi connectivity index (χ0) is 34.2. The SMILES string of the molecule is CCOC(SCC)[C@@H]1C[C@@H](O)CN1C(=O)c1cc(OC)c(OCCCCCOc2cc3c(cc2OC)C(=O)N2CCC[C@H]2CN3)cc1N. The van der Waals surface area contributed by atoms with Crippen molar-refractivity contribution in [2.24, 2.45) is 0 Å². The number of rotatable bonds is 16. The second-order valence-electron chi connectivity index (χ2n) is 12.3. The van der Waals surface area contributed by atoms with Crippen molar-refractivity contribution in [3.05, 3.63) is 35.4 Å². The summed E-state index contributed by atoms with van der Waals surface area (Å²) in [6.45, 7) is 7.14. The van der Waals surface area contributed by atoms with Gasteiger partial charge in [-0.1, -0.05) is 6.92 Å². The third-order valence-electron chi connectivity index (χ3n) is 9.13. The molecule has 4 atom stereocenters. The van der Waals surface area contributed by atoms with E-state index in [2.05, 4.69) is 5.32 Å². The lowest BCUT2D eigenvalue weighted by Crippen LogP contribution is -2.43. The van der Waals surface area contributed by atoms with Crippen molar-refractivity contribution in [2.45, 2.75) is 76.0 Å². The van der Waals surface area contributed by atoms with Gasteiger partial charge in [-0.3, -0.25) is 9.59 Å². The molecule has 0 saturated carbocycles. The van der Waals surface area contributed by atoms with Gasteiger partial charge in [0, 0.05) is 50.1 Å². The number of nitrogens with two attached hydrogens (primary N) is 1. The number of aliphatic hydroxyl groups is 1. The largest absolute Gasteiger partial charge is 0.493 e. The quantitative estimate of drug-likeness (QED) is 0.129. The van der Waals surface area contributed by atoms with Crippen molar-refractivity contribution in [3.63, 3.8) is 0 Å². The van der Waals surface area contributed by atoms with Crippen molar-refractivity contribution < 1.29 is 38.4 Å². The minimum Gasteiger partial charge on any atom is -0.493 e. The fraction of sp³-hybridized carbons (Fsp3) is 0.600. The van der Waals surface area contributed by atoms with Gasteiger partial charge in [0.25, 0.3) is 11.8 Å². The number of aliphatic hydroxyl groups excluding tert-OH is 1. The number of likely N-dealkylation sites (tertiary alicyclic amines) is 1. The number of methoxy groups -OCH3 is 2. The topological polar surface area (TPSA) is 145 Å². The highest BCUT2D eigenvalue weighted by Crippen LogP contribution is 2.38. The van der Waals surface area contributed by atoms with E-state index >= 15 is 0 Å². The highest BCUT2D eigenvalue weighted by atomic mass is 32.2. The molecule has 3 heterocycles. The van der Waals surface area contributed by atoms with E-state index < -0.39 is 6.10 Å². The number of benzene rings is 2.